The monoisotopic (exact) mass is 394 g/mol. The van der Waals surface area contributed by atoms with Gasteiger partial charge in [0.15, 0.2) is 6.61 Å². The summed E-state index contributed by atoms with van der Waals surface area (Å²) in [6, 6.07) is 4.94. The molecule has 148 valence electrons. The third-order valence-electron chi connectivity index (χ3n) is 5.36. The molecule has 1 aromatic carbocycles. The van der Waals surface area contributed by atoms with Crippen LogP contribution in [-0.4, -0.2) is 45.7 Å². The van der Waals surface area contributed by atoms with E-state index in [4.69, 9.17) is 4.74 Å². The van der Waals surface area contributed by atoms with Gasteiger partial charge in [-0.05, 0) is 48.9 Å². The molecule has 1 aromatic rings. The first kappa shape index (κ1) is 19.7. The minimum atomic E-state index is -3.33. The minimum absolute atomic E-state index is 0.145. The number of fused-ring (bicyclic) bond motifs is 1. The number of hydrogen-bond donors (Lipinski definition) is 1. The summed E-state index contributed by atoms with van der Waals surface area (Å²) < 4.78 is 30.0. The second kappa shape index (κ2) is 7.88. The van der Waals surface area contributed by atoms with Gasteiger partial charge >= 0.3 is 5.97 Å². The summed E-state index contributed by atoms with van der Waals surface area (Å²) in [5.74, 6) is -0.429. The van der Waals surface area contributed by atoms with Gasteiger partial charge in [0.2, 0.25) is 10.0 Å². The van der Waals surface area contributed by atoms with Gasteiger partial charge in [-0.1, -0.05) is 19.8 Å². The maximum Gasteiger partial charge on any atom is 0.338 e. The van der Waals surface area contributed by atoms with Crippen molar-refractivity contribution in [3.63, 3.8) is 0 Å². The van der Waals surface area contributed by atoms with E-state index in [1.807, 2.05) is 0 Å². The van der Waals surface area contributed by atoms with Crippen LogP contribution in [0.3, 0.4) is 0 Å². The number of hydrogen-bond acceptors (Lipinski definition) is 5. The van der Waals surface area contributed by atoms with Gasteiger partial charge in [0.1, 0.15) is 0 Å². The molecule has 1 N–H and O–H groups in total. The van der Waals surface area contributed by atoms with Crippen LogP contribution in [0.1, 0.15) is 48.5 Å². The number of anilines is 1. The number of ether oxygens (including phenoxy) is 1. The first-order valence-corrected chi connectivity index (χ1v) is 11.2. The van der Waals surface area contributed by atoms with Crippen molar-refractivity contribution in [1.29, 1.82) is 0 Å². The fraction of sp³-hybridized carbons (Fsp3) is 0.579. The van der Waals surface area contributed by atoms with Crippen LogP contribution in [-0.2, 0) is 26.0 Å². The molecule has 0 unspecified atom stereocenters. The molecule has 1 aliphatic carbocycles. The molecule has 2 atom stereocenters. The van der Waals surface area contributed by atoms with E-state index in [-0.39, 0.29) is 18.6 Å². The summed E-state index contributed by atoms with van der Waals surface area (Å²) in [7, 11) is -3.33. The second-order valence-corrected chi connectivity index (χ2v) is 9.35. The lowest BCUT2D eigenvalue weighted by molar-refractivity contribution is -0.125. The van der Waals surface area contributed by atoms with Crippen LogP contribution in [0.5, 0.6) is 0 Å². The van der Waals surface area contributed by atoms with Crippen LogP contribution in [0.25, 0.3) is 0 Å². The fourth-order valence-corrected chi connectivity index (χ4v) is 4.79. The predicted molar refractivity (Wildman–Crippen MR) is 102 cm³/mol. The average molecular weight is 394 g/mol. The fourth-order valence-electron chi connectivity index (χ4n) is 3.84. The third-order valence-corrected chi connectivity index (χ3v) is 6.54. The largest absolute Gasteiger partial charge is 0.452 e. The topological polar surface area (TPSA) is 92.8 Å². The predicted octanol–water partition coefficient (Wildman–Crippen LogP) is 1.86. The third kappa shape index (κ3) is 4.61. The number of benzene rings is 1. The van der Waals surface area contributed by atoms with E-state index in [1.54, 1.807) is 12.1 Å². The second-order valence-electron chi connectivity index (χ2n) is 7.44. The smallest absolute Gasteiger partial charge is 0.338 e. The van der Waals surface area contributed by atoms with E-state index in [9.17, 15) is 18.0 Å². The zero-order chi connectivity index (χ0) is 19.6. The maximum atomic E-state index is 12.2. The van der Waals surface area contributed by atoms with Crippen molar-refractivity contribution in [3.8, 4) is 0 Å². The Morgan fingerprint density at radius 1 is 1.26 bits per heavy atom. The van der Waals surface area contributed by atoms with E-state index in [0.29, 0.717) is 30.1 Å². The van der Waals surface area contributed by atoms with E-state index in [2.05, 4.69) is 12.2 Å². The molecule has 27 heavy (non-hydrogen) atoms. The molecule has 1 amide bonds. The van der Waals surface area contributed by atoms with Crippen molar-refractivity contribution in [1.82, 2.24) is 5.32 Å². The molecule has 1 fully saturated rings. The Labute approximate surface area is 160 Å². The SMILES string of the molecule is C[C@H]1CCCC[C@@H]1NC(=O)COC(=O)c1ccc2c(c1)CCN2S(C)(=O)=O. The van der Waals surface area contributed by atoms with Crippen molar-refractivity contribution in [3.05, 3.63) is 29.3 Å². The highest BCUT2D eigenvalue weighted by molar-refractivity contribution is 7.92. The van der Waals surface area contributed by atoms with E-state index in [0.717, 1.165) is 31.1 Å². The van der Waals surface area contributed by atoms with Gasteiger partial charge in [-0.25, -0.2) is 13.2 Å². The number of sulfonamides is 1. The number of nitrogens with one attached hydrogen (secondary N) is 1. The lowest BCUT2D eigenvalue weighted by Gasteiger charge is -2.29. The van der Waals surface area contributed by atoms with Crippen LogP contribution in [0.15, 0.2) is 18.2 Å². The molecular weight excluding hydrogens is 368 g/mol. The molecule has 3 rings (SSSR count). The first-order chi connectivity index (χ1) is 12.8. The Morgan fingerprint density at radius 3 is 2.70 bits per heavy atom. The van der Waals surface area contributed by atoms with Gasteiger partial charge < -0.3 is 10.1 Å². The Kier molecular flexibility index (Phi) is 5.74. The first-order valence-electron chi connectivity index (χ1n) is 9.33. The van der Waals surface area contributed by atoms with Gasteiger partial charge in [0.25, 0.3) is 5.91 Å². The molecule has 0 spiro atoms. The standard InChI is InChI=1S/C19H26N2O5S/c1-13-5-3-4-6-16(13)20-18(22)12-26-19(23)15-7-8-17-14(11-15)9-10-21(17)27(2,24)25/h7-8,11,13,16H,3-6,9-10,12H2,1-2H3,(H,20,22)/t13-,16-/m0/s1. The molecule has 1 saturated carbocycles. The molecule has 0 aromatic heterocycles. The lowest BCUT2D eigenvalue weighted by atomic mass is 9.86. The Morgan fingerprint density at radius 2 is 2.00 bits per heavy atom. The molecule has 1 aliphatic heterocycles. The molecule has 0 saturated heterocycles. The minimum Gasteiger partial charge on any atom is -0.452 e. The van der Waals surface area contributed by atoms with Gasteiger partial charge in [-0.3, -0.25) is 9.10 Å². The quantitative estimate of drug-likeness (QED) is 0.770. The molecule has 0 radical (unpaired) electrons. The Bertz CT molecular complexity index is 837. The summed E-state index contributed by atoms with van der Waals surface area (Å²) in [6.45, 7) is 2.18. The van der Waals surface area contributed by atoms with Crippen molar-refractivity contribution in [2.45, 2.75) is 45.1 Å². The summed E-state index contributed by atoms with van der Waals surface area (Å²) >= 11 is 0. The highest BCUT2D eigenvalue weighted by atomic mass is 32.2. The number of nitrogens with zero attached hydrogens (tertiary/aromatic N) is 1. The zero-order valence-electron chi connectivity index (χ0n) is 15.7. The number of amides is 1. The van der Waals surface area contributed by atoms with E-state index in [1.165, 1.54) is 16.8 Å². The summed E-state index contributed by atoms with van der Waals surface area (Å²) in [4.78, 5) is 24.3. The van der Waals surface area contributed by atoms with Gasteiger partial charge in [0, 0.05) is 12.6 Å². The normalized spacial score (nSPS) is 22.2. The number of carbonyl (C=O) groups excluding carboxylic acids is 2. The van der Waals surface area contributed by atoms with Crippen molar-refractivity contribution < 1.29 is 22.7 Å². The van der Waals surface area contributed by atoms with Gasteiger partial charge in [-0.15, -0.1) is 0 Å². The summed E-state index contributed by atoms with van der Waals surface area (Å²) in [5, 5.41) is 2.95. The van der Waals surface area contributed by atoms with Crippen LogP contribution in [0, 0.1) is 5.92 Å². The van der Waals surface area contributed by atoms with E-state index < -0.39 is 16.0 Å². The average Bonchev–Trinajstić information content (AvgIpc) is 3.05. The van der Waals surface area contributed by atoms with Gasteiger partial charge in [0.05, 0.1) is 17.5 Å². The van der Waals surface area contributed by atoms with Crippen LogP contribution in [0.4, 0.5) is 5.69 Å². The molecular formula is C19H26N2O5S. The Balaban J connectivity index is 1.57. The van der Waals surface area contributed by atoms with Crippen LogP contribution >= 0.6 is 0 Å². The molecule has 0 bridgehead atoms. The van der Waals surface area contributed by atoms with Crippen molar-refractivity contribution in [2.75, 3.05) is 23.7 Å². The summed E-state index contributed by atoms with van der Waals surface area (Å²) in [6.07, 6.45) is 6.07. The van der Waals surface area contributed by atoms with Crippen LogP contribution in [0.2, 0.25) is 0 Å². The molecule has 8 heteroatoms. The van der Waals surface area contributed by atoms with Gasteiger partial charge in [-0.2, -0.15) is 0 Å². The van der Waals surface area contributed by atoms with Crippen LogP contribution < -0.4 is 9.62 Å². The summed E-state index contributed by atoms with van der Waals surface area (Å²) in [5.41, 5.74) is 1.70. The molecule has 1 heterocycles. The highest BCUT2D eigenvalue weighted by Crippen LogP contribution is 2.30. The number of rotatable bonds is 5. The number of esters is 1. The zero-order valence-corrected chi connectivity index (χ0v) is 16.5. The van der Waals surface area contributed by atoms with Crippen molar-refractivity contribution in [2.24, 2.45) is 5.92 Å². The van der Waals surface area contributed by atoms with Crippen molar-refractivity contribution >= 4 is 27.6 Å². The lowest BCUT2D eigenvalue weighted by Crippen LogP contribution is -2.42. The maximum absolute atomic E-state index is 12.2. The Hall–Kier alpha value is -2.09. The molecule has 2 aliphatic rings. The number of carbonyl (C=O) groups is 2. The van der Waals surface area contributed by atoms with E-state index >= 15 is 0 Å². The highest BCUT2D eigenvalue weighted by Gasteiger charge is 2.27. The molecule has 7 nitrogen and oxygen atoms in total.